The van der Waals surface area contributed by atoms with Crippen LogP contribution in [0.1, 0.15) is 32.1 Å². The first-order valence-corrected chi connectivity index (χ1v) is 11.7. The van der Waals surface area contributed by atoms with Gasteiger partial charge in [0.25, 0.3) is 0 Å². The Kier molecular flexibility index (Phi) is 6.01. The molecule has 1 aromatic heterocycles. The van der Waals surface area contributed by atoms with Crippen molar-refractivity contribution in [2.45, 2.75) is 44.5 Å². The molecule has 0 radical (unpaired) electrons. The maximum absolute atomic E-state index is 13.0. The van der Waals surface area contributed by atoms with E-state index in [-0.39, 0.29) is 24.7 Å². The predicted molar refractivity (Wildman–Crippen MR) is 117 cm³/mol. The fourth-order valence-electron chi connectivity index (χ4n) is 5.77. The number of fused-ring (bicyclic) bond motifs is 2. The number of likely N-dealkylation sites (tertiary alicyclic amines) is 1. The minimum Gasteiger partial charge on any atom is -0.494 e. The monoisotopic (exact) mass is 467 g/mol. The van der Waals surface area contributed by atoms with E-state index < -0.39 is 18.9 Å². The van der Waals surface area contributed by atoms with Gasteiger partial charge in [-0.1, -0.05) is 0 Å². The third kappa shape index (κ3) is 5.13. The van der Waals surface area contributed by atoms with Gasteiger partial charge in [0.05, 0.1) is 18.8 Å². The van der Waals surface area contributed by atoms with Gasteiger partial charge in [-0.2, -0.15) is 13.2 Å². The number of halogens is 4. The number of alkyl halides is 4. The first kappa shape index (κ1) is 22.5. The normalized spacial score (nSPS) is 29.8. The molecule has 0 bridgehead atoms. The van der Waals surface area contributed by atoms with Gasteiger partial charge < -0.3 is 15.0 Å². The summed E-state index contributed by atoms with van der Waals surface area (Å²) >= 11 is 0. The van der Waals surface area contributed by atoms with Crippen LogP contribution in [-0.4, -0.2) is 54.4 Å². The maximum atomic E-state index is 13.0. The molecular weight excluding hydrogens is 438 g/mol. The number of H-pyrrole nitrogens is 1. The number of hydrogen-bond donors (Lipinski definition) is 2. The summed E-state index contributed by atoms with van der Waals surface area (Å²) in [5.41, 5.74) is 1.54. The molecular formula is C24H29F4N3O2. The van der Waals surface area contributed by atoms with Gasteiger partial charge in [0.1, 0.15) is 11.9 Å². The Hall–Kier alpha value is -2.29. The molecule has 1 amide bonds. The van der Waals surface area contributed by atoms with Crippen molar-refractivity contribution in [3.05, 3.63) is 24.4 Å². The van der Waals surface area contributed by atoms with Gasteiger partial charge in [0.15, 0.2) is 0 Å². The zero-order valence-electron chi connectivity index (χ0n) is 18.3. The van der Waals surface area contributed by atoms with Crippen LogP contribution in [0.2, 0.25) is 0 Å². The fourth-order valence-corrected chi connectivity index (χ4v) is 5.77. The molecule has 1 saturated heterocycles. The Bertz CT molecular complexity index is 987. The molecule has 180 valence electrons. The second-order valence-corrected chi connectivity index (χ2v) is 9.97. The molecule has 2 aromatic rings. The third-order valence-electron chi connectivity index (χ3n) is 7.48. The van der Waals surface area contributed by atoms with Crippen LogP contribution in [0.3, 0.4) is 0 Å². The Morgan fingerprint density at radius 2 is 1.88 bits per heavy atom. The van der Waals surface area contributed by atoms with Gasteiger partial charge in [-0.3, -0.25) is 9.69 Å². The SMILES string of the molecule is O=C(Nc1c[nH]c2ccc(OCCC3C[C@@H]4CN(CC(F)(F)F)C[C@@H]4C3)cc12)C1CC(F)C1. The molecule has 3 fully saturated rings. The second-order valence-electron chi connectivity index (χ2n) is 9.97. The maximum Gasteiger partial charge on any atom is 0.401 e. The van der Waals surface area contributed by atoms with Crippen molar-refractivity contribution in [1.82, 2.24) is 9.88 Å². The van der Waals surface area contributed by atoms with Gasteiger partial charge in [-0.25, -0.2) is 4.39 Å². The van der Waals surface area contributed by atoms with Crippen molar-refractivity contribution in [1.29, 1.82) is 0 Å². The van der Waals surface area contributed by atoms with Gasteiger partial charge in [-0.15, -0.1) is 0 Å². The smallest absolute Gasteiger partial charge is 0.401 e. The lowest BCUT2D eigenvalue weighted by molar-refractivity contribution is -0.144. The number of aromatic amines is 1. The molecule has 0 spiro atoms. The molecule has 2 N–H and O–H groups in total. The molecule has 5 rings (SSSR count). The number of nitrogens with one attached hydrogen (secondary N) is 2. The predicted octanol–water partition coefficient (Wildman–Crippen LogP) is 5.14. The van der Waals surface area contributed by atoms with E-state index >= 15 is 0 Å². The fraction of sp³-hybridized carbons (Fsp3) is 0.625. The highest BCUT2D eigenvalue weighted by molar-refractivity contribution is 6.03. The van der Waals surface area contributed by atoms with Gasteiger partial charge >= 0.3 is 6.18 Å². The van der Waals surface area contributed by atoms with E-state index in [4.69, 9.17) is 4.74 Å². The molecule has 3 aliphatic rings. The standard InChI is InChI=1S/C24H29F4N3O2/c25-18-7-15(8-18)23(32)30-22-10-29-21-2-1-19(9-20(21)22)33-4-3-14-5-16-11-31(12-17(16)6-14)13-24(26,27)28/h1-2,9-10,14-18,29H,3-8,11-13H2,(H,30,32)/t14?,15?,16-,17+,18?. The second kappa shape index (κ2) is 8.81. The quantitative estimate of drug-likeness (QED) is 0.554. The van der Waals surface area contributed by atoms with Crippen LogP contribution in [0.25, 0.3) is 10.9 Å². The van der Waals surface area contributed by atoms with Crippen molar-refractivity contribution in [3.8, 4) is 5.75 Å². The van der Waals surface area contributed by atoms with Crippen LogP contribution in [0.15, 0.2) is 24.4 Å². The summed E-state index contributed by atoms with van der Waals surface area (Å²) in [6.07, 6.45) is 0.125. The van der Waals surface area contributed by atoms with E-state index in [0.29, 0.717) is 48.9 Å². The van der Waals surface area contributed by atoms with Crippen molar-refractivity contribution < 1.29 is 27.1 Å². The summed E-state index contributed by atoms with van der Waals surface area (Å²) in [5.74, 6) is 1.50. The summed E-state index contributed by atoms with van der Waals surface area (Å²) in [6.45, 7) is 0.850. The van der Waals surface area contributed by atoms with Crippen molar-refractivity contribution in [3.63, 3.8) is 0 Å². The summed E-state index contributed by atoms with van der Waals surface area (Å²) in [7, 11) is 0. The number of carbonyl (C=O) groups excluding carboxylic acids is 1. The first-order valence-electron chi connectivity index (χ1n) is 11.7. The number of amides is 1. The van der Waals surface area contributed by atoms with Gasteiger partial charge in [0, 0.05) is 36.1 Å². The van der Waals surface area contributed by atoms with Crippen molar-refractivity contribution in [2.75, 3.05) is 31.6 Å². The zero-order valence-corrected chi connectivity index (χ0v) is 18.3. The number of ether oxygens (including phenoxy) is 1. The lowest BCUT2D eigenvalue weighted by atomic mass is 9.83. The molecule has 2 aliphatic carbocycles. The van der Waals surface area contributed by atoms with E-state index in [2.05, 4.69) is 10.3 Å². The number of carbonyl (C=O) groups is 1. The first-order chi connectivity index (χ1) is 15.7. The summed E-state index contributed by atoms with van der Waals surface area (Å²) in [6, 6.07) is 5.66. The average molecular weight is 468 g/mol. The highest BCUT2D eigenvalue weighted by Gasteiger charge is 2.43. The van der Waals surface area contributed by atoms with Gasteiger partial charge in [0.2, 0.25) is 5.91 Å². The van der Waals surface area contributed by atoms with Crippen LogP contribution in [0.4, 0.5) is 23.2 Å². The van der Waals surface area contributed by atoms with E-state index in [1.54, 1.807) is 11.1 Å². The molecule has 5 nitrogen and oxygen atoms in total. The van der Waals surface area contributed by atoms with Gasteiger partial charge in [-0.05, 0) is 68.1 Å². The highest BCUT2D eigenvalue weighted by Crippen LogP contribution is 2.43. The summed E-state index contributed by atoms with van der Waals surface area (Å²) in [4.78, 5) is 16.9. The minimum atomic E-state index is -4.12. The van der Waals surface area contributed by atoms with Crippen LogP contribution < -0.4 is 10.1 Å². The Morgan fingerprint density at radius 1 is 1.15 bits per heavy atom. The topological polar surface area (TPSA) is 57.4 Å². The minimum absolute atomic E-state index is 0.156. The van der Waals surface area contributed by atoms with E-state index in [1.807, 2.05) is 18.2 Å². The number of anilines is 1. The Balaban J connectivity index is 1.10. The number of hydrogen-bond acceptors (Lipinski definition) is 3. The number of aromatic nitrogens is 1. The lowest BCUT2D eigenvalue weighted by Crippen LogP contribution is -2.35. The largest absolute Gasteiger partial charge is 0.494 e. The Morgan fingerprint density at radius 3 is 2.55 bits per heavy atom. The van der Waals surface area contributed by atoms with Crippen molar-refractivity contribution in [2.24, 2.45) is 23.7 Å². The van der Waals surface area contributed by atoms with Crippen LogP contribution in [-0.2, 0) is 4.79 Å². The van der Waals surface area contributed by atoms with E-state index in [1.165, 1.54) is 0 Å². The summed E-state index contributed by atoms with van der Waals surface area (Å²) < 4.78 is 56.9. The molecule has 33 heavy (non-hydrogen) atoms. The van der Waals surface area contributed by atoms with E-state index in [0.717, 1.165) is 30.2 Å². The zero-order chi connectivity index (χ0) is 23.2. The Labute approximate surface area is 189 Å². The molecule has 2 saturated carbocycles. The molecule has 1 unspecified atom stereocenters. The molecule has 2 heterocycles. The van der Waals surface area contributed by atoms with Crippen molar-refractivity contribution >= 4 is 22.5 Å². The lowest BCUT2D eigenvalue weighted by Gasteiger charge is -2.28. The molecule has 1 aromatic carbocycles. The van der Waals surface area contributed by atoms with Crippen LogP contribution in [0, 0.1) is 23.7 Å². The average Bonchev–Trinajstić information content (AvgIpc) is 3.37. The van der Waals surface area contributed by atoms with Crippen LogP contribution >= 0.6 is 0 Å². The number of benzene rings is 1. The summed E-state index contributed by atoms with van der Waals surface area (Å²) in [5, 5.41) is 3.73. The molecule has 9 heteroatoms. The number of nitrogens with zero attached hydrogens (tertiary/aromatic N) is 1. The number of rotatable bonds is 7. The van der Waals surface area contributed by atoms with Crippen LogP contribution in [0.5, 0.6) is 5.75 Å². The molecule has 3 atom stereocenters. The highest BCUT2D eigenvalue weighted by atomic mass is 19.4. The molecule has 1 aliphatic heterocycles. The third-order valence-corrected chi connectivity index (χ3v) is 7.48. The van der Waals surface area contributed by atoms with E-state index in [9.17, 15) is 22.4 Å².